The van der Waals surface area contributed by atoms with Crippen LogP contribution in [0, 0.1) is 18.3 Å². The fraction of sp³-hybridized carbons (Fsp3) is 0.154. The van der Waals surface area contributed by atoms with E-state index in [1.54, 1.807) is 31.3 Å². The van der Waals surface area contributed by atoms with Crippen molar-refractivity contribution >= 4 is 5.82 Å². The Morgan fingerprint density at radius 1 is 1.22 bits per heavy atom. The van der Waals surface area contributed by atoms with Gasteiger partial charge in [-0.3, -0.25) is 0 Å². The number of aromatic nitrogens is 2. The van der Waals surface area contributed by atoms with Crippen molar-refractivity contribution in [2.75, 3.05) is 12.4 Å². The number of anilines is 1. The summed E-state index contributed by atoms with van der Waals surface area (Å²) in [5.74, 6) is 1.87. The van der Waals surface area contributed by atoms with E-state index in [1.165, 1.54) is 6.33 Å². The van der Waals surface area contributed by atoms with Crippen LogP contribution in [0.4, 0.5) is 5.82 Å². The van der Waals surface area contributed by atoms with Crippen LogP contribution in [0.3, 0.4) is 0 Å². The summed E-state index contributed by atoms with van der Waals surface area (Å²) in [6.45, 7) is 1.88. The van der Waals surface area contributed by atoms with Gasteiger partial charge in [-0.25, -0.2) is 9.97 Å². The molecule has 1 aromatic carbocycles. The first-order valence-corrected chi connectivity index (χ1v) is 5.42. The van der Waals surface area contributed by atoms with Crippen molar-refractivity contribution in [2.45, 2.75) is 6.92 Å². The van der Waals surface area contributed by atoms with Crippen LogP contribution in [0.1, 0.15) is 11.1 Å². The van der Waals surface area contributed by atoms with Gasteiger partial charge in [0.2, 0.25) is 5.88 Å². The number of benzene rings is 1. The van der Waals surface area contributed by atoms with Crippen molar-refractivity contribution in [1.29, 1.82) is 5.26 Å². The molecule has 0 spiro atoms. The van der Waals surface area contributed by atoms with Crippen LogP contribution >= 0.6 is 0 Å². The van der Waals surface area contributed by atoms with Crippen molar-refractivity contribution in [3.8, 4) is 17.7 Å². The van der Waals surface area contributed by atoms with Gasteiger partial charge < -0.3 is 10.1 Å². The summed E-state index contributed by atoms with van der Waals surface area (Å²) in [7, 11) is 1.79. The minimum absolute atomic E-state index is 0.499. The third-order valence-electron chi connectivity index (χ3n) is 2.47. The number of ether oxygens (including phenoxy) is 1. The normalized spacial score (nSPS) is 9.61. The molecule has 1 heterocycles. The number of nitriles is 1. The zero-order valence-corrected chi connectivity index (χ0v) is 10.1. The van der Waals surface area contributed by atoms with E-state index in [9.17, 15) is 0 Å². The Bertz CT molecular complexity index is 587. The molecular formula is C13H12N4O. The number of nitrogens with zero attached hydrogens (tertiary/aromatic N) is 3. The Morgan fingerprint density at radius 3 is 2.56 bits per heavy atom. The Labute approximate surface area is 105 Å². The highest BCUT2D eigenvalue weighted by Crippen LogP contribution is 2.25. The fourth-order valence-electron chi connectivity index (χ4n) is 1.50. The van der Waals surface area contributed by atoms with Gasteiger partial charge in [-0.15, -0.1) is 0 Å². The van der Waals surface area contributed by atoms with Crippen molar-refractivity contribution < 1.29 is 4.74 Å². The van der Waals surface area contributed by atoms with Crippen molar-refractivity contribution in [3.63, 3.8) is 0 Å². The maximum atomic E-state index is 8.71. The van der Waals surface area contributed by atoms with Crippen molar-refractivity contribution in [3.05, 3.63) is 41.7 Å². The van der Waals surface area contributed by atoms with E-state index in [4.69, 9.17) is 10.00 Å². The third-order valence-corrected chi connectivity index (χ3v) is 2.47. The standard InChI is InChI=1S/C13H12N4O/c1-9-12(15-2)16-8-17-13(9)18-11-5-3-10(7-14)4-6-11/h3-6,8H,1-2H3,(H,15,16,17). The summed E-state index contributed by atoms with van der Waals surface area (Å²) in [6, 6.07) is 8.93. The van der Waals surface area contributed by atoms with Crippen molar-refractivity contribution in [1.82, 2.24) is 9.97 Å². The number of hydrogen-bond acceptors (Lipinski definition) is 5. The highest BCUT2D eigenvalue weighted by atomic mass is 16.5. The first-order chi connectivity index (χ1) is 8.74. The Balaban J connectivity index is 2.26. The highest BCUT2D eigenvalue weighted by Gasteiger charge is 2.07. The predicted molar refractivity (Wildman–Crippen MR) is 67.5 cm³/mol. The smallest absolute Gasteiger partial charge is 0.227 e. The zero-order valence-electron chi connectivity index (χ0n) is 10.1. The molecular weight excluding hydrogens is 228 g/mol. The van der Waals surface area contributed by atoms with Crippen LogP contribution in [-0.4, -0.2) is 17.0 Å². The molecule has 0 bridgehead atoms. The second-order valence-corrected chi connectivity index (χ2v) is 3.64. The van der Waals surface area contributed by atoms with Crippen LogP contribution in [0.5, 0.6) is 11.6 Å². The number of rotatable bonds is 3. The molecule has 5 nitrogen and oxygen atoms in total. The van der Waals surface area contributed by atoms with Gasteiger partial charge >= 0.3 is 0 Å². The van der Waals surface area contributed by atoms with Crippen LogP contribution in [0.15, 0.2) is 30.6 Å². The number of nitrogens with one attached hydrogen (secondary N) is 1. The van der Waals surface area contributed by atoms with Gasteiger partial charge in [-0.1, -0.05) is 0 Å². The third kappa shape index (κ3) is 2.38. The van der Waals surface area contributed by atoms with Crippen molar-refractivity contribution in [2.24, 2.45) is 0 Å². The summed E-state index contributed by atoms with van der Waals surface area (Å²) >= 11 is 0. The van der Waals surface area contributed by atoms with Crippen LogP contribution in [0.25, 0.3) is 0 Å². The van der Waals surface area contributed by atoms with Gasteiger partial charge in [0.15, 0.2) is 0 Å². The van der Waals surface area contributed by atoms with E-state index in [2.05, 4.69) is 21.4 Å². The van der Waals surface area contributed by atoms with Crippen LogP contribution < -0.4 is 10.1 Å². The summed E-state index contributed by atoms with van der Waals surface area (Å²) in [5.41, 5.74) is 1.43. The lowest BCUT2D eigenvalue weighted by Gasteiger charge is -2.09. The van der Waals surface area contributed by atoms with E-state index in [0.29, 0.717) is 17.2 Å². The highest BCUT2D eigenvalue weighted by molar-refractivity contribution is 5.48. The van der Waals surface area contributed by atoms with Gasteiger partial charge in [0.1, 0.15) is 17.9 Å². The molecule has 0 saturated carbocycles. The zero-order chi connectivity index (χ0) is 13.0. The molecule has 18 heavy (non-hydrogen) atoms. The molecule has 1 aromatic heterocycles. The van der Waals surface area contributed by atoms with Gasteiger partial charge in [0.05, 0.1) is 17.2 Å². The Hall–Kier alpha value is -2.61. The quantitative estimate of drug-likeness (QED) is 0.892. The summed E-state index contributed by atoms with van der Waals surface area (Å²) in [6.07, 6.45) is 1.44. The van der Waals surface area contributed by atoms with E-state index in [1.807, 2.05) is 6.92 Å². The minimum atomic E-state index is 0.499. The molecule has 0 saturated heterocycles. The maximum absolute atomic E-state index is 8.71. The molecule has 0 fully saturated rings. The molecule has 0 atom stereocenters. The van der Waals surface area contributed by atoms with Gasteiger partial charge in [-0.2, -0.15) is 5.26 Å². The molecule has 0 aliphatic carbocycles. The molecule has 0 aliphatic heterocycles. The lowest BCUT2D eigenvalue weighted by Crippen LogP contribution is -1.99. The van der Waals surface area contributed by atoms with Gasteiger partial charge in [0.25, 0.3) is 0 Å². The Kier molecular flexibility index (Phi) is 3.39. The van der Waals surface area contributed by atoms with Gasteiger partial charge in [0, 0.05) is 7.05 Å². The van der Waals surface area contributed by atoms with E-state index in [-0.39, 0.29) is 0 Å². The van der Waals surface area contributed by atoms with Crippen LogP contribution in [-0.2, 0) is 0 Å². The SMILES string of the molecule is CNc1ncnc(Oc2ccc(C#N)cc2)c1C. The Morgan fingerprint density at radius 2 is 1.94 bits per heavy atom. The molecule has 90 valence electrons. The second kappa shape index (κ2) is 5.15. The van der Waals surface area contributed by atoms with E-state index in [0.717, 1.165) is 11.4 Å². The monoisotopic (exact) mass is 240 g/mol. The molecule has 0 unspecified atom stereocenters. The fourth-order valence-corrected chi connectivity index (χ4v) is 1.50. The summed E-state index contributed by atoms with van der Waals surface area (Å²) in [4.78, 5) is 8.17. The molecule has 5 heteroatoms. The molecule has 0 amide bonds. The lowest BCUT2D eigenvalue weighted by atomic mass is 10.2. The molecule has 2 aromatic rings. The first kappa shape index (κ1) is 11.9. The minimum Gasteiger partial charge on any atom is -0.439 e. The topological polar surface area (TPSA) is 70.8 Å². The lowest BCUT2D eigenvalue weighted by molar-refractivity contribution is 0.458. The van der Waals surface area contributed by atoms with Crippen LogP contribution in [0.2, 0.25) is 0 Å². The van der Waals surface area contributed by atoms with Gasteiger partial charge in [-0.05, 0) is 31.2 Å². The van der Waals surface area contributed by atoms with E-state index < -0.39 is 0 Å². The number of hydrogen-bond donors (Lipinski definition) is 1. The summed E-state index contributed by atoms with van der Waals surface area (Å²) < 4.78 is 5.65. The maximum Gasteiger partial charge on any atom is 0.227 e. The first-order valence-electron chi connectivity index (χ1n) is 5.42. The molecule has 0 radical (unpaired) electrons. The predicted octanol–water partition coefficient (Wildman–Crippen LogP) is 2.49. The average Bonchev–Trinajstić information content (AvgIpc) is 2.42. The largest absolute Gasteiger partial charge is 0.439 e. The molecule has 2 rings (SSSR count). The second-order valence-electron chi connectivity index (χ2n) is 3.64. The summed E-state index contributed by atoms with van der Waals surface area (Å²) in [5, 5.41) is 11.7. The molecule has 0 aliphatic rings. The molecule has 1 N–H and O–H groups in total. The average molecular weight is 240 g/mol. The van der Waals surface area contributed by atoms with E-state index >= 15 is 0 Å².